The molecule has 1 aromatic carbocycles. The predicted octanol–water partition coefficient (Wildman–Crippen LogP) is 2.24. The molecule has 1 N–H and O–H groups in total. The summed E-state index contributed by atoms with van der Waals surface area (Å²) in [6.45, 7) is 4.56. The van der Waals surface area contributed by atoms with Crippen LogP contribution >= 0.6 is 0 Å². The molecule has 144 valence electrons. The Morgan fingerprint density at radius 3 is 2.81 bits per heavy atom. The zero-order valence-electron chi connectivity index (χ0n) is 15.7. The minimum Gasteiger partial charge on any atom is -0.493 e. The lowest BCUT2D eigenvalue weighted by Gasteiger charge is -2.44. The molecule has 2 aliphatic heterocycles. The van der Waals surface area contributed by atoms with E-state index in [1.54, 1.807) is 7.11 Å². The van der Waals surface area contributed by atoms with E-state index in [4.69, 9.17) is 14.2 Å². The molecule has 4 rings (SSSR count). The standard InChI is InChI=1S/C20H30N2O4/c1-24-18-10-15(11-19-20(18)26-14-25-19)12-21-7-8-22(16-4-2-3-5-16)17(13-21)6-9-23/h10-11,16-17,23H,2-9,12-14H2,1H3. The van der Waals surface area contributed by atoms with Crippen molar-refractivity contribution >= 4 is 0 Å². The number of benzene rings is 1. The van der Waals surface area contributed by atoms with E-state index in [1.807, 2.05) is 0 Å². The van der Waals surface area contributed by atoms with Crippen LogP contribution in [0.15, 0.2) is 12.1 Å². The lowest BCUT2D eigenvalue weighted by atomic mass is 10.0. The van der Waals surface area contributed by atoms with Gasteiger partial charge < -0.3 is 19.3 Å². The number of hydrogen-bond acceptors (Lipinski definition) is 6. The molecule has 0 bridgehead atoms. The van der Waals surface area contributed by atoms with Gasteiger partial charge in [0.05, 0.1) is 7.11 Å². The van der Waals surface area contributed by atoms with Crippen molar-refractivity contribution in [1.82, 2.24) is 9.80 Å². The summed E-state index contributed by atoms with van der Waals surface area (Å²) >= 11 is 0. The van der Waals surface area contributed by atoms with E-state index in [0.717, 1.165) is 50.1 Å². The van der Waals surface area contributed by atoms with Crippen molar-refractivity contribution in [2.45, 2.75) is 50.7 Å². The van der Waals surface area contributed by atoms with Gasteiger partial charge in [-0.1, -0.05) is 12.8 Å². The van der Waals surface area contributed by atoms with Crippen LogP contribution in [0.25, 0.3) is 0 Å². The molecule has 1 saturated carbocycles. The summed E-state index contributed by atoms with van der Waals surface area (Å²) in [6.07, 6.45) is 6.21. The zero-order valence-corrected chi connectivity index (χ0v) is 15.7. The van der Waals surface area contributed by atoms with Gasteiger partial charge >= 0.3 is 0 Å². The summed E-state index contributed by atoms with van der Waals surface area (Å²) in [5.41, 5.74) is 1.18. The van der Waals surface area contributed by atoms with E-state index < -0.39 is 0 Å². The van der Waals surface area contributed by atoms with E-state index in [0.29, 0.717) is 11.8 Å². The van der Waals surface area contributed by atoms with Crippen LogP contribution in [0.3, 0.4) is 0 Å². The summed E-state index contributed by atoms with van der Waals surface area (Å²) < 4.78 is 16.5. The molecular weight excluding hydrogens is 332 g/mol. The Hall–Kier alpha value is -1.50. The van der Waals surface area contributed by atoms with Crippen LogP contribution in [0.5, 0.6) is 17.2 Å². The molecule has 1 aromatic rings. The first-order chi connectivity index (χ1) is 12.8. The van der Waals surface area contributed by atoms with Gasteiger partial charge in [0.15, 0.2) is 11.5 Å². The number of ether oxygens (including phenoxy) is 3. The van der Waals surface area contributed by atoms with Crippen LogP contribution in [0.2, 0.25) is 0 Å². The first kappa shape index (κ1) is 17.9. The van der Waals surface area contributed by atoms with Crippen molar-refractivity contribution in [1.29, 1.82) is 0 Å². The normalized spacial score (nSPS) is 24.3. The second-order valence-corrected chi connectivity index (χ2v) is 7.61. The molecule has 6 heteroatoms. The number of piperazine rings is 1. The number of rotatable bonds is 6. The summed E-state index contributed by atoms with van der Waals surface area (Å²) in [4.78, 5) is 5.16. The van der Waals surface area contributed by atoms with Gasteiger partial charge in [0, 0.05) is 44.9 Å². The Morgan fingerprint density at radius 2 is 2.04 bits per heavy atom. The van der Waals surface area contributed by atoms with Gasteiger partial charge in [-0.3, -0.25) is 9.80 Å². The minimum absolute atomic E-state index is 0.258. The maximum absolute atomic E-state index is 9.54. The first-order valence-electron chi connectivity index (χ1n) is 9.84. The molecule has 1 unspecified atom stereocenters. The second kappa shape index (κ2) is 8.03. The number of hydrogen-bond donors (Lipinski definition) is 1. The van der Waals surface area contributed by atoms with E-state index in [-0.39, 0.29) is 13.4 Å². The largest absolute Gasteiger partial charge is 0.493 e. The number of fused-ring (bicyclic) bond motifs is 1. The third-order valence-electron chi connectivity index (χ3n) is 5.99. The first-order valence-corrected chi connectivity index (χ1v) is 9.84. The van der Waals surface area contributed by atoms with Crippen molar-refractivity contribution in [3.05, 3.63) is 17.7 Å². The van der Waals surface area contributed by atoms with Crippen LogP contribution in [-0.2, 0) is 6.54 Å². The van der Waals surface area contributed by atoms with Crippen LogP contribution in [0.1, 0.15) is 37.7 Å². The lowest BCUT2D eigenvalue weighted by molar-refractivity contribution is 0.0267. The Bertz CT molecular complexity index is 618. The minimum atomic E-state index is 0.258. The van der Waals surface area contributed by atoms with E-state index >= 15 is 0 Å². The monoisotopic (exact) mass is 362 g/mol. The number of methoxy groups -OCH3 is 1. The Balaban J connectivity index is 1.44. The van der Waals surface area contributed by atoms with Gasteiger partial charge in [0.25, 0.3) is 0 Å². The number of aliphatic hydroxyl groups excluding tert-OH is 1. The Kier molecular flexibility index (Phi) is 5.52. The lowest BCUT2D eigenvalue weighted by Crippen LogP contribution is -2.55. The fourth-order valence-corrected chi connectivity index (χ4v) is 4.73. The van der Waals surface area contributed by atoms with Gasteiger partial charge in [0.2, 0.25) is 12.5 Å². The fourth-order valence-electron chi connectivity index (χ4n) is 4.73. The highest BCUT2D eigenvalue weighted by molar-refractivity contribution is 5.55. The summed E-state index contributed by atoms with van der Waals surface area (Å²) in [6, 6.07) is 5.29. The van der Waals surface area contributed by atoms with Crippen molar-refractivity contribution < 1.29 is 19.3 Å². The van der Waals surface area contributed by atoms with Crippen molar-refractivity contribution in [2.24, 2.45) is 0 Å². The molecule has 0 spiro atoms. The van der Waals surface area contributed by atoms with Gasteiger partial charge in [-0.15, -0.1) is 0 Å². The predicted molar refractivity (Wildman–Crippen MR) is 98.8 cm³/mol. The van der Waals surface area contributed by atoms with Gasteiger partial charge in [-0.05, 0) is 37.0 Å². The van der Waals surface area contributed by atoms with Crippen molar-refractivity contribution in [3.63, 3.8) is 0 Å². The molecule has 2 fully saturated rings. The zero-order chi connectivity index (χ0) is 17.9. The SMILES string of the molecule is COc1cc(CN2CCN(C3CCCC3)C(CCO)C2)cc2c1OCO2. The second-order valence-electron chi connectivity index (χ2n) is 7.61. The van der Waals surface area contributed by atoms with Crippen LogP contribution in [-0.4, -0.2) is 67.1 Å². The van der Waals surface area contributed by atoms with E-state index in [1.165, 1.54) is 31.2 Å². The molecule has 6 nitrogen and oxygen atoms in total. The average molecular weight is 362 g/mol. The summed E-state index contributed by atoms with van der Waals surface area (Å²) in [7, 11) is 1.67. The van der Waals surface area contributed by atoms with Crippen LogP contribution in [0, 0.1) is 0 Å². The number of nitrogens with zero attached hydrogens (tertiary/aromatic N) is 2. The highest BCUT2D eigenvalue weighted by atomic mass is 16.7. The fraction of sp³-hybridized carbons (Fsp3) is 0.700. The molecule has 2 heterocycles. The molecule has 1 atom stereocenters. The van der Waals surface area contributed by atoms with Crippen LogP contribution < -0.4 is 14.2 Å². The quantitative estimate of drug-likeness (QED) is 0.838. The third kappa shape index (κ3) is 3.63. The highest BCUT2D eigenvalue weighted by Gasteiger charge is 2.33. The van der Waals surface area contributed by atoms with E-state index in [2.05, 4.69) is 21.9 Å². The highest BCUT2D eigenvalue weighted by Crippen LogP contribution is 2.42. The maximum atomic E-state index is 9.54. The molecule has 1 saturated heterocycles. The molecule has 0 radical (unpaired) electrons. The Labute approximate surface area is 155 Å². The van der Waals surface area contributed by atoms with Gasteiger partial charge in [-0.2, -0.15) is 0 Å². The molecule has 0 aromatic heterocycles. The average Bonchev–Trinajstić information content (AvgIpc) is 3.33. The smallest absolute Gasteiger partial charge is 0.231 e. The third-order valence-corrected chi connectivity index (χ3v) is 5.99. The number of aliphatic hydroxyl groups is 1. The molecule has 26 heavy (non-hydrogen) atoms. The summed E-state index contributed by atoms with van der Waals surface area (Å²) in [5.74, 6) is 2.22. The summed E-state index contributed by atoms with van der Waals surface area (Å²) in [5, 5.41) is 9.54. The maximum Gasteiger partial charge on any atom is 0.231 e. The van der Waals surface area contributed by atoms with Crippen molar-refractivity contribution in [3.8, 4) is 17.2 Å². The van der Waals surface area contributed by atoms with Gasteiger partial charge in [-0.25, -0.2) is 0 Å². The van der Waals surface area contributed by atoms with Crippen molar-refractivity contribution in [2.75, 3.05) is 40.1 Å². The Morgan fingerprint density at radius 1 is 1.19 bits per heavy atom. The molecule has 0 amide bonds. The molecular formula is C20H30N2O4. The van der Waals surface area contributed by atoms with E-state index in [9.17, 15) is 5.11 Å². The molecule has 3 aliphatic rings. The topological polar surface area (TPSA) is 54.4 Å². The van der Waals surface area contributed by atoms with Crippen LogP contribution in [0.4, 0.5) is 0 Å². The molecule has 1 aliphatic carbocycles. The van der Waals surface area contributed by atoms with Gasteiger partial charge in [0.1, 0.15) is 0 Å².